The first-order valence-electron chi connectivity index (χ1n) is 8.34. The summed E-state index contributed by atoms with van der Waals surface area (Å²) in [4.78, 5) is 2.62. The van der Waals surface area contributed by atoms with E-state index in [1.54, 1.807) is 0 Å². The molecule has 1 N–H and O–H groups in total. The lowest BCUT2D eigenvalue weighted by atomic mass is 9.88. The molecule has 0 spiro atoms. The number of ether oxygens (including phenoxy) is 1. The third-order valence-corrected chi connectivity index (χ3v) is 5.36. The van der Waals surface area contributed by atoms with Crippen molar-refractivity contribution in [3.05, 3.63) is 29.3 Å². The predicted molar refractivity (Wildman–Crippen MR) is 91.8 cm³/mol. The van der Waals surface area contributed by atoms with Gasteiger partial charge in [0.15, 0.2) is 0 Å². The van der Waals surface area contributed by atoms with Crippen molar-refractivity contribution < 1.29 is 4.74 Å². The van der Waals surface area contributed by atoms with Crippen LogP contribution in [-0.2, 0) is 13.0 Å². The number of fused-ring (bicyclic) bond motifs is 2. The molecule has 0 aliphatic carbocycles. The van der Waals surface area contributed by atoms with Gasteiger partial charge in [-0.15, -0.1) is 12.4 Å². The second-order valence-electron chi connectivity index (χ2n) is 7.65. The van der Waals surface area contributed by atoms with E-state index in [1.165, 1.54) is 43.7 Å². The molecule has 0 saturated carbocycles. The number of piperidine rings is 1. The van der Waals surface area contributed by atoms with Gasteiger partial charge in [0.05, 0.1) is 0 Å². The highest BCUT2D eigenvalue weighted by molar-refractivity contribution is 5.85. The van der Waals surface area contributed by atoms with E-state index in [0.717, 1.165) is 30.6 Å². The molecule has 122 valence electrons. The number of likely N-dealkylation sites (tertiary alicyclic amines) is 1. The summed E-state index contributed by atoms with van der Waals surface area (Å²) < 4.78 is 6.21. The average Bonchev–Trinajstić information content (AvgIpc) is 3.01. The Morgan fingerprint density at radius 3 is 2.95 bits per heavy atom. The van der Waals surface area contributed by atoms with Crippen molar-refractivity contribution in [2.45, 2.75) is 38.8 Å². The van der Waals surface area contributed by atoms with E-state index in [-0.39, 0.29) is 18.0 Å². The SMILES string of the molecule is CC1(C)Cc2cccc(CN3CCC4CNCC4C3)c2O1.Cl. The molecule has 2 fully saturated rings. The van der Waals surface area contributed by atoms with Gasteiger partial charge in [-0.25, -0.2) is 0 Å². The summed E-state index contributed by atoms with van der Waals surface area (Å²) in [5, 5.41) is 3.55. The van der Waals surface area contributed by atoms with E-state index in [4.69, 9.17) is 4.74 Å². The summed E-state index contributed by atoms with van der Waals surface area (Å²) in [6, 6.07) is 6.67. The van der Waals surface area contributed by atoms with Gasteiger partial charge in [-0.2, -0.15) is 0 Å². The smallest absolute Gasteiger partial charge is 0.127 e. The van der Waals surface area contributed by atoms with Crippen LogP contribution >= 0.6 is 12.4 Å². The quantitative estimate of drug-likeness (QED) is 0.906. The Balaban J connectivity index is 0.00000144. The third kappa shape index (κ3) is 2.99. The average molecular weight is 323 g/mol. The highest BCUT2D eigenvalue weighted by atomic mass is 35.5. The zero-order valence-corrected chi connectivity index (χ0v) is 14.4. The lowest BCUT2D eigenvalue weighted by Crippen LogP contribution is -2.39. The number of rotatable bonds is 2. The number of hydrogen-bond donors (Lipinski definition) is 1. The molecule has 0 amide bonds. The topological polar surface area (TPSA) is 24.5 Å². The van der Waals surface area contributed by atoms with Crippen LogP contribution in [-0.4, -0.2) is 36.7 Å². The minimum absolute atomic E-state index is 0. The van der Waals surface area contributed by atoms with Crippen LogP contribution in [0.4, 0.5) is 0 Å². The Morgan fingerprint density at radius 2 is 2.09 bits per heavy atom. The van der Waals surface area contributed by atoms with E-state index in [0.29, 0.717) is 0 Å². The molecule has 2 atom stereocenters. The Hall–Kier alpha value is -0.770. The molecule has 4 rings (SSSR count). The molecule has 1 aromatic carbocycles. The molecule has 0 radical (unpaired) electrons. The Labute approximate surface area is 139 Å². The van der Waals surface area contributed by atoms with Crippen molar-refractivity contribution in [1.29, 1.82) is 0 Å². The molecule has 3 aliphatic heterocycles. The van der Waals surface area contributed by atoms with E-state index in [1.807, 2.05) is 0 Å². The Bertz CT molecular complexity index is 546. The van der Waals surface area contributed by atoms with Crippen molar-refractivity contribution in [2.24, 2.45) is 11.8 Å². The zero-order chi connectivity index (χ0) is 14.4. The van der Waals surface area contributed by atoms with Crippen LogP contribution in [0.1, 0.15) is 31.4 Å². The van der Waals surface area contributed by atoms with Crippen molar-refractivity contribution in [2.75, 3.05) is 26.2 Å². The number of benzene rings is 1. The van der Waals surface area contributed by atoms with Crippen molar-refractivity contribution in [1.82, 2.24) is 10.2 Å². The summed E-state index contributed by atoms with van der Waals surface area (Å²) >= 11 is 0. The number of hydrogen-bond acceptors (Lipinski definition) is 3. The van der Waals surface area contributed by atoms with Gasteiger partial charge in [0.2, 0.25) is 0 Å². The van der Waals surface area contributed by atoms with Crippen LogP contribution < -0.4 is 10.1 Å². The maximum absolute atomic E-state index is 6.21. The second kappa shape index (κ2) is 6.03. The molecule has 4 heteroatoms. The van der Waals surface area contributed by atoms with Gasteiger partial charge in [0.25, 0.3) is 0 Å². The fraction of sp³-hybridized carbons (Fsp3) is 0.667. The Kier molecular flexibility index (Phi) is 4.41. The molecule has 0 aromatic heterocycles. The van der Waals surface area contributed by atoms with Gasteiger partial charge >= 0.3 is 0 Å². The highest BCUT2D eigenvalue weighted by Crippen LogP contribution is 2.38. The first-order chi connectivity index (χ1) is 10.1. The second-order valence-corrected chi connectivity index (χ2v) is 7.65. The lowest BCUT2D eigenvalue weighted by molar-refractivity contribution is 0.125. The third-order valence-electron chi connectivity index (χ3n) is 5.36. The summed E-state index contributed by atoms with van der Waals surface area (Å²) in [6.07, 6.45) is 2.38. The summed E-state index contributed by atoms with van der Waals surface area (Å²) in [5.41, 5.74) is 2.72. The maximum Gasteiger partial charge on any atom is 0.127 e. The molecule has 22 heavy (non-hydrogen) atoms. The molecule has 3 heterocycles. The molecular weight excluding hydrogens is 296 g/mol. The van der Waals surface area contributed by atoms with E-state index in [2.05, 4.69) is 42.3 Å². The predicted octanol–water partition coefficient (Wildman–Crippen LogP) is 2.86. The first kappa shape index (κ1) is 16.1. The fourth-order valence-electron chi connectivity index (χ4n) is 4.30. The summed E-state index contributed by atoms with van der Waals surface area (Å²) in [6.45, 7) is 10.3. The zero-order valence-electron chi connectivity index (χ0n) is 13.6. The van der Waals surface area contributed by atoms with Crippen LogP contribution in [0.15, 0.2) is 18.2 Å². The molecule has 2 saturated heterocycles. The lowest BCUT2D eigenvalue weighted by Gasteiger charge is -2.34. The monoisotopic (exact) mass is 322 g/mol. The van der Waals surface area contributed by atoms with Crippen LogP contribution in [0.3, 0.4) is 0 Å². The van der Waals surface area contributed by atoms with Gasteiger partial charge in [0, 0.05) is 25.1 Å². The van der Waals surface area contributed by atoms with Crippen LogP contribution in [0, 0.1) is 11.8 Å². The minimum atomic E-state index is -0.0409. The van der Waals surface area contributed by atoms with E-state index in [9.17, 15) is 0 Å². The number of nitrogens with zero attached hydrogens (tertiary/aromatic N) is 1. The van der Waals surface area contributed by atoms with Crippen LogP contribution in [0.25, 0.3) is 0 Å². The molecule has 3 aliphatic rings. The van der Waals surface area contributed by atoms with Gasteiger partial charge < -0.3 is 10.1 Å². The molecule has 1 aromatic rings. The van der Waals surface area contributed by atoms with Gasteiger partial charge in [-0.1, -0.05) is 18.2 Å². The molecule has 3 nitrogen and oxygen atoms in total. The van der Waals surface area contributed by atoms with Crippen LogP contribution in [0.2, 0.25) is 0 Å². The van der Waals surface area contributed by atoms with E-state index >= 15 is 0 Å². The van der Waals surface area contributed by atoms with Gasteiger partial charge in [-0.05, 0) is 57.3 Å². The summed E-state index contributed by atoms with van der Waals surface area (Å²) in [7, 11) is 0. The van der Waals surface area contributed by atoms with Crippen molar-refractivity contribution in [3.8, 4) is 5.75 Å². The molecule has 2 unspecified atom stereocenters. The number of halogens is 1. The normalized spacial score (nSPS) is 29.4. The number of para-hydroxylation sites is 1. The van der Waals surface area contributed by atoms with Crippen LogP contribution in [0.5, 0.6) is 5.75 Å². The Morgan fingerprint density at radius 1 is 1.27 bits per heavy atom. The summed E-state index contributed by atoms with van der Waals surface area (Å²) in [5.74, 6) is 2.93. The standard InChI is InChI=1S/C18H26N2O.ClH/c1-18(2)8-13-4-3-5-15(17(13)21-18)11-20-7-6-14-9-19-10-16(14)12-20;/h3-5,14,16,19H,6-12H2,1-2H3;1H. The number of nitrogens with one attached hydrogen (secondary N) is 1. The van der Waals surface area contributed by atoms with E-state index < -0.39 is 0 Å². The van der Waals surface area contributed by atoms with Gasteiger partial charge in [-0.3, -0.25) is 4.90 Å². The molecule has 0 bridgehead atoms. The van der Waals surface area contributed by atoms with Gasteiger partial charge in [0.1, 0.15) is 11.4 Å². The molecular formula is C18H27ClN2O. The maximum atomic E-state index is 6.21. The van der Waals surface area contributed by atoms with Crippen molar-refractivity contribution >= 4 is 12.4 Å². The largest absolute Gasteiger partial charge is 0.487 e. The fourth-order valence-corrected chi connectivity index (χ4v) is 4.30. The van der Waals surface area contributed by atoms with Crippen molar-refractivity contribution in [3.63, 3.8) is 0 Å². The minimum Gasteiger partial charge on any atom is -0.487 e. The highest BCUT2D eigenvalue weighted by Gasteiger charge is 2.35. The first-order valence-corrected chi connectivity index (χ1v) is 8.34.